The normalized spacial score (nSPS) is 15.5. The number of fused-ring (bicyclic) bond motifs is 1. The van der Waals surface area contributed by atoms with Gasteiger partial charge < -0.3 is 34.5 Å². The van der Waals surface area contributed by atoms with Gasteiger partial charge in [-0.3, -0.25) is 5.73 Å². The van der Waals surface area contributed by atoms with E-state index in [1.54, 1.807) is 11.0 Å². The number of nitrogen functional groups attached to an aromatic ring is 1. The minimum absolute atomic E-state index is 0. The third-order valence-electron chi connectivity index (χ3n) is 4.19. The number of nitrogens with two attached hydrogens (primary N) is 1. The highest BCUT2D eigenvalue weighted by molar-refractivity contribution is 7.21. The molecule has 142 valence electrons. The fraction of sp³-hybridized carbons (Fsp3) is 0.533. The summed E-state index contributed by atoms with van der Waals surface area (Å²) >= 11 is 1.29. The maximum Gasteiger partial charge on any atom is 0.573 e. The molecule has 0 bridgehead atoms. The zero-order valence-electron chi connectivity index (χ0n) is 13.4. The topological polar surface area (TPSA) is 43.6 Å². The van der Waals surface area contributed by atoms with Crippen LogP contribution >= 0.6 is 11.3 Å². The van der Waals surface area contributed by atoms with Gasteiger partial charge in [0, 0.05) is 6.07 Å². The van der Waals surface area contributed by atoms with E-state index in [0.717, 1.165) is 18.6 Å². The number of alkyl halides is 3. The first kappa shape index (κ1) is 22.1. The van der Waals surface area contributed by atoms with E-state index in [1.807, 2.05) is 4.57 Å². The number of likely N-dealkylation sites (tertiary alicyclic amines) is 1. The lowest BCUT2D eigenvalue weighted by molar-refractivity contribution is -0.920. The number of quaternary nitrogens is 1. The number of nitrogens with one attached hydrogen (secondary N) is 1. The molecule has 0 saturated carbocycles. The van der Waals surface area contributed by atoms with Crippen LogP contribution in [0.4, 0.5) is 18.3 Å². The molecule has 4 nitrogen and oxygen atoms in total. The second-order valence-electron chi connectivity index (χ2n) is 5.83. The van der Waals surface area contributed by atoms with Gasteiger partial charge in [0.05, 0.1) is 17.8 Å². The van der Waals surface area contributed by atoms with Gasteiger partial charge in [-0.1, -0.05) is 0 Å². The Hall–Kier alpha value is -0.960. The first-order valence-electron chi connectivity index (χ1n) is 7.73. The van der Waals surface area contributed by atoms with Crippen molar-refractivity contribution >= 4 is 26.7 Å². The Balaban J connectivity index is 0.00000156. The zero-order valence-corrected chi connectivity index (χ0v) is 15.7. The lowest BCUT2D eigenvalue weighted by Gasteiger charge is -2.22. The molecule has 0 atom stereocenters. The smallest absolute Gasteiger partial charge is 0.573 e. The molecule has 2 heterocycles. The second kappa shape index (κ2) is 9.12. The molecule has 10 heteroatoms. The number of aromatic nitrogens is 1. The summed E-state index contributed by atoms with van der Waals surface area (Å²) in [4.78, 5) is 1.57. The van der Waals surface area contributed by atoms with Crippen molar-refractivity contribution in [1.29, 1.82) is 0 Å². The van der Waals surface area contributed by atoms with E-state index in [1.165, 1.54) is 55.8 Å². The molecule has 1 aliphatic rings. The van der Waals surface area contributed by atoms with E-state index >= 15 is 0 Å². The van der Waals surface area contributed by atoms with Crippen LogP contribution in [0.1, 0.15) is 19.3 Å². The summed E-state index contributed by atoms with van der Waals surface area (Å²) in [6, 6.07) is 4.38. The van der Waals surface area contributed by atoms with Gasteiger partial charge in [0.25, 0.3) is 0 Å². The largest absolute Gasteiger partial charge is 1.00 e. The summed E-state index contributed by atoms with van der Waals surface area (Å²) < 4.78 is 43.6. The number of halogens is 5. The molecule has 1 aliphatic heterocycles. The first-order valence-corrected chi connectivity index (χ1v) is 8.55. The van der Waals surface area contributed by atoms with Crippen molar-refractivity contribution in [3.63, 3.8) is 0 Å². The minimum Gasteiger partial charge on any atom is -1.00 e. The highest BCUT2D eigenvalue weighted by Crippen LogP contribution is 2.29. The minimum atomic E-state index is -4.68. The SMILES string of the molecule is Nc1sc2cc(OC(F)(F)F)ccc2[n+]1CC[NH+]1CCCCC1.[Cl-].[Cl-]. The average Bonchev–Trinajstić information content (AvgIpc) is 2.79. The van der Waals surface area contributed by atoms with E-state index in [0.29, 0.717) is 9.83 Å². The maximum atomic E-state index is 12.3. The van der Waals surface area contributed by atoms with Crippen LogP contribution in [0.3, 0.4) is 0 Å². The first-order chi connectivity index (χ1) is 10.9. The third kappa shape index (κ3) is 5.77. The number of thiazole rings is 1. The number of nitrogens with zero attached hydrogens (tertiary/aromatic N) is 1. The van der Waals surface area contributed by atoms with E-state index < -0.39 is 6.36 Å². The monoisotopic (exact) mass is 417 g/mol. The van der Waals surface area contributed by atoms with Crippen LogP contribution in [0.5, 0.6) is 5.75 Å². The molecule has 1 saturated heterocycles. The van der Waals surface area contributed by atoms with Gasteiger partial charge in [0.15, 0.2) is 0 Å². The number of anilines is 1. The molecule has 1 fully saturated rings. The van der Waals surface area contributed by atoms with E-state index in [2.05, 4.69) is 4.74 Å². The number of piperidine rings is 1. The molecule has 0 spiro atoms. The zero-order chi connectivity index (χ0) is 16.4. The van der Waals surface area contributed by atoms with Crippen LogP contribution in [0, 0.1) is 0 Å². The summed E-state index contributed by atoms with van der Waals surface area (Å²) in [5.41, 5.74) is 6.92. The fourth-order valence-electron chi connectivity index (χ4n) is 3.09. The van der Waals surface area contributed by atoms with E-state index in [9.17, 15) is 13.2 Å². The maximum absolute atomic E-state index is 12.3. The summed E-state index contributed by atoms with van der Waals surface area (Å²) in [7, 11) is 0. The van der Waals surface area contributed by atoms with Crippen molar-refractivity contribution in [2.75, 3.05) is 25.4 Å². The van der Waals surface area contributed by atoms with Gasteiger partial charge in [-0.15, -0.1) is 13.2 Å². The van der Waals surface area contributed by atoms with Gasteiger partial charge in [0.1, 0.15) is 24.4 Å². The quantitative estimate of drug-likeness (QED) is 0.495. The molecule has 0 unspecified atom stereocenters. The number of hydrogen-bond donors (Lipinski definition) is 2. The van der Waals surface area contributed by atoms with Crippen molar-refractivity contribution in [2.45, 2.75) is 32.2 Å². The molecule has 3 N–H and O–H groups in total. The van der Waals surface area contributed by atoms with Crippen molar-refractivity contribution in [2.24, 2.45) is 0 Å². The third-order valence-corrected chi connectivity index (χ3v) is 5.16. The van der Waals surface area contributed by atoms with Crippen LogP contribution in [0.15, 0.2) is 18.2 Å². The van der Waals surface area contributed by atoms with Gasteiger partial charge in [-0.2, -0.15) is 0 Å². The summed E-state index contributed by atoms with van der Waals surface area (Å²) in [5.74, 6) is -0.208. The molecular formula is C15H20Cl2F3N3OS. The molecule has 0 aliphatic carbocycles. The molecule has 2 aromatic rings. The van der Waals surface area contributed by atoms with Crippen molar-refractivity contribution in [1.82, 2.24) is 0 Å². The Morgan fingerprint density at radius 3 is 2.48 bits per heavy atom. The molecular weight excluding hydrogens is 398 g/mol. The standard InChI is InChI=1S/C15H18F3N3OS.2ClH/c16-15(17,18)22-11-4-5-12-13(10-11)23-14(19)21(12)9-8-20-6-2-1-3-7-20;;/h4-5,10,19H,1-3,6-9H2;2*1H. The van der Waals surface area contributed by atoms with Gasteiger partial charge in [0.2, 0.25) is 0 Å². The van der Waals surface area contributed by atoms with Crippen LogP contribution in [0.2, 0.25) is 0 Å². The van der Waals surface area contributed by atoms with E-state index in [4.69, 9.17) is 5.73 Å². The Morgan fingerprint density at radius 2 is 1.84 bits per heavy atom. The predicted molar refractivity (Wildman–Crippen MR) is 82.5 cm³/mol. The Labute approximate surface area is 160 Å². The Kier molecular flexibility index (Phi) is 8.05. The number of ether oxygens (including phenoxy) is 1. The van der Waals surface area contributed by atoms with Crippen molar-refractivity contribution < 1.29 is 52.2 Å². The van der Waals surface area contributed by atoms with E-state index in [-0.39, 0.29) is 30.6 Å². The molecule has 3 rings (SSSR count). The highest BCUT2D eigenvalue weighted by atomic mass is 35.5. The second-order valence-corrected chi connectivity index (χ2v) is 6.89. The average molecular weight is 418 g/mol. The predicted octanol–water partition coefficient (Wildman–Crippen LogP) is -4.25. The highest BCUT2D eigenvalue weighted by Gasteiger charge is 2.31. The fourth-order valence-corrected chi connectivity index (χ4v) is 4.07. The number of benzene rings is 1. The van der Waals surface area contributed by atoms with Crippen LogP contribution < -0.4 is 44.8 Å². The van der Waals surface area contributed by atoms with Gasteiger partial charge >= 0.3 is 11.5 Å². The lowest BCUT2D eigenvalue weighted by atomic mass is 10.1. The summed E-state index contributed by atoms with van der Waals surface area (Å²) in [6.07, 6.45) is -0.845. The van der Waals surface area contributed by atoms with Gasteiger partial charge in [-0.25, -0.2) is 4.57 Å². The Bertz CT molecular complexity index is 690. The summed E-state index contributed by atoms with van der Waals surface area (Å²) in [5, 5.41) is 0.612. The number of rotatable bonds is 4. The molecule has 1 aromatic carbocycles. The van der Waals surface area contributed by atoms with Crippen molar-refractivity contribution in [3.05, 3.63) is 18.2 Å². The van der Waals surface area contributed by atoms with Crippen LogP contribution in [-0.2, 0) is 6.54 Å². The Morgan fingerprint density at radius 1 is 1.16 bits per heavy atom. The molecule has 0 radical (unpaired) electrons. The molecule has 25 heavy (non-hydrogen) atoms. The van der Waals surface area contributed by atoms with Crippen LogP contribution in [-0.4, -0.2) is 26.0 Å². The summed E-state index contributed by atoms with van der Waals surface area (Å²) in [6.45, 7) is 4.14. The number of hydrogen-bond acceptors (Lipinski definition) is 3. The molecule has 0 amide bonds. The van der Waals surface area contributed by atoms with Crippen LogP contribution in [0.25, 0.3) is 10.2 Å². The lowest BCUT2D eigenvalue weighted by Crippen LogP contribution is -3.13. The van der Waals surface area contributed by atoms with Crippen molar-refractivity contribution in [3.8, 4) is 5.75 Å². The van der Waals surface area contributed by atoms with Gasteiger partial charge in [-0.05, 0) is 42.7 Å². The molecule has 1 aromatic heterocycles.